The molecule has 5 heteroatoms. The zero-order valence-electron chi connectivity index (χ0n) is 15.8. The first-order valence-electron chi connectivity index (χ1n) is 10.1. The molecule has 5 nitrogen and oxygen atoms in total. The van der Waals surface area contributed by atoms with Gasteiger partial charge in [0.15, 0.2) is 0 Å². The van der Waals surface area contributed by atoms with Gasteiger partial charge in [0.05, 0.1) is 5.41 Å². The summed E-state index contributed by atoms with van der Waals surface area (Å²) >= 11 is 0. The SMILES string of the molecule is CC(C)N(C(=O)CN1C(=O)CC2(CCCCC2)C1=O)C1CCCCC1. The Morgan fingerprint density at radius 1 is 1.08 bits per heavy atom. The fourth-order valence-electron chi connectivity index (χ4n) is 5.13. The number of carbonyl (C=O) groups is 3. The van der Waals surface area contributed by atoms with Gasteiger partial charge in [-0.1, -0.05) is 38.5 Å². The standard InChI is InChI=1S/C20H32N2O3/c1-15(2)22(16-9-5-3-6-10-16)18(24)14-21-17(23)13-20(19(21)25)11-7-4-8-12-20/h15-16H,3-14H2,1-2H3. The molecule has 3 rings (SSSR count). The lowest BCUT2D eigenvalue weighted by atomic mass is 9.73. The van der Waals surface area contributed by atoms with Gasteiger partial charge in [-0.05, 0) is 39.5 Å². The van der Waals surface area contributed by atoms with Crippen molar-refractivity contribution in [3.8, 4) is 0 Å². The van der Waals surface area contributed by atoms with Crippen LogP contribution in [0.1, 0.15) is 84.5 Å². The van der Waals surface area contributed by atoms with Gasteiger partial charge in [0, 0.05) is 18.5 Å². The predicted molar refractivity (Wildman–Crippen MR) is 95.7 cm³/mol. The highest BCUT2D eigenvalue weighted by Crippen LogP contribution is 2.45. The normalized spacial score (nSPS) is 24.4. The summed E-state index contributed by atoms with van der Waals surface area (Å²) in [6, 6.07) is 0.366. The number of imide groups is 1. The van der Waals surface area contributed by atoms with Crippen molar-refractivity contribution in [3.05, 3.63) is 0 Å². The number of nitrogens with zero attached hydrogens (tertiary/aromatic N) is 2. The summed E-state index contributed by atoms with van der Waals surface area (Å²) in [6.45, 7) is 4.00. The summed E-state index contributed by atoms with van der Waals surface area (Å²) in [4.78, 5) is 41.6. The van der Waals surface area contributed by atoms with Crippen LogP contribution in [0.5, 0.6) is 0 Å². The quantitative estimate of drug-likeness (QED) is 0.733. The molecule has 3 aliphatic rings. The van der Waals surface area contributed by atoms with Gasteiger partial charge >= 0.3 is 0 Å². The smallest absolute Gasteiger partial charge is 0.243 e. The van der Waals surface area contributed by atoms with Crippen molar-refractivity contribution in [2.24, 2.45) is 5.41 Å². The van der Waals surface area contributed by atoms with Crippen molar-refractivity contribution < 1.29 is 14.4 Å². The van der Waals surface area contributed by atoms with Gasteiger partial charge in [-0.25, -0.2) is 0 Å². The summed E-state index contributed by atoms with van der Waals surface area (Å²) in [5.74, 6) is -0.290. The van der Waals surface area contributed by atoms with Crippen LogP contribution in [0.2, 0.25) is 0 Å². The van der Waals surface area contributed by atoms with Crippen molar-refractivity contribution >= 4 is 17.7 Å². The van der Waals surface area contributed by atoms with E-state index in [9.17, 15) is 14.4 Å². The second-order valence-corrected chi connectivity index (χ2v) is 8.49. The first-order valence-corrected chi connectivity index (χ1v) is 10.1. The van der Waals surface area contributed by atoms with Crippen molar-refractivity contribution in [2.45, 2.75) is 96.6 Å². The molecule has 0 aromatic carbocycles. The molecule has 3 fully saturated rings. The average molecular weight is 348 g/mol. The Kier molecular flexibility index (Phi) is 5.49. The highest BCUT2D eigenvalue weighted by atomic mass is 16.2. The maximum atomic E-state index is 13.0. The van der Waals surface area contributed by atoms with Gasteiger partial charge in [0.1, 0.15) is 6.54 Å². The van der Waals surface area contributed by atoms with E-state index >= 15 is 0 Å². The lowest BCUT2D eigenvalue weighted by Crippen LogP contribution is -2.51. The molecule has 1 saturated heterocycles. The zero-order chi connectivity index (χ0) is 18.0. The van der Waals surface area contributed by atoms with E-state index in [4.69, 9.17) is 0 Å². The van der Waals surface area contributed by atoms with Gasteiger partial charge in [0.2, 0.25) is 17.7 Å². The van der Waals surface area contributed by atoms with Crippen LogP contribution in [0.25, 0.3) is 0 Å². The number of hydrogen-bond acceptors (Lipinski definition) is 3. The number of hydrogen-bond donors (Lipinski definition) is 0. The van der Waals surface area contributed by atoms with Crippen LogP contribution >= 0.6 is 0 Å². The van der Waals surface area contributed by atoms with Crippen LogP contribution in [0, 0.1) is 5.41 Å². The van der Waals surface area contributed by atoms with E-state index in [-0.39, 0.29) is 36.3 Å². The van der Waals surface area contributed by atoms with Crippen molar-refractivity contribution in [2.75, 3.05) is 6.54 Å². The lowest BCUT2D eigenvalue weighted by Gasteiger charge is -2.38. The van der Waals surface area contributed by atoms with Crippen LogP contribution in [0.15, 0.2) is 0 Å². The fourth-order valence-corrected chi connectivity index (χ4v) is 5.13. The molecule has 0 atom stereocenters. The van der Waals surface area contributed by atoms with Gasteiger partial charge in [-0.2, -0.15) is 0 Å². The molecule has 0 aromatic rings. The van der Waals surface area contributed by atoms with Crippen molar-refractivity contribution in [3.63, 3.8) is 0 Å². The van der Waals surface area contributed by atoms with Gasteiger partial charge in [-0.3, -0.25) is 19.3 Å². The van der Waals surface area contributed by atoms with E-state index in [1.165, 1.54) is 11.3 Å². The Hall–Kier alpha value is -1.39. The largest absolute Gasteiger partial charge is 0.336 e. The summed E-state index contributed by atoms with van der Waals surface area (Å²) in [5.41, 5.74) is -0.497. The van der Waals surface area contributed by atoms with Crippen LogP contribution in [0.4, 0.5) is 0 Å². The number of amides is 3. The topological polar surface area (TPSA) is 57.7 Å². The van der Waals surface area contributed by atoms with Crippen molar-refractivity contribution in [1.29, 1.82) is 0 Å². The van der Waals surface area contributed by atoms with E-state index in [1.807, 2.05) is 18.7 Å². The number of likely N-dealkylation sites (tertiary alicyclic amines) is 1. The van der Waals surface area contributed by atoms with E-state index in [0.29, 0.717) is 6.42 Å². The third-order valence-corrected chi connectivity index (χ3v) is 6.41. The molecule has 0 bridgehead atoms. The number of rotatable bonds is 4. The van der Waals surface area contributed by atoms with Crippen LogP contribution in [-0.4, -0.2) is 46.1 Å². The second kappa shape index (κ2) is 7.46. The van der Waals surface area contributed by atoms with E-state index in [1.54, 1.807) is 0 Å². The first-order chi connectivity index (χ1) is 11.9. The Balaban J connectivity index is 1.70. The molecule has 0 unspecified atom stereocenters. The summed E-state index contributed by atoms with van der Waals surface area (Å²) in [5, 5.41) is 0. The monoisotopic (exact) mass is 348 g/mol. The molecule has 3 amide bonds. The van der Waals surface area contributed by atoms with E-state index < -0.39 is 5.41 Å². The maximum absolute atomic E-state index is 13.0. The molecule has 0 aromatic heterocycles. The molecule has 1 heterocycles. The zero-order valence-corrected chi connectivity index (χ0v) is 15.8. The van der Waals surface area contributed by atoms with Gasteiger partial charge in [0.25, 0.3) is 0 Å². The Bertz CT molecular complexity index is 531. The number of carbonyl (C=O) groups excluding carboxylic acids is 3. The molecule has 1 spiro atoms. The molecule has 0 radical (unpaired) electrons. The minimum atomic E-state index is -0.497. The van der Waals surface area contributed by atoms with Crippen LogP contribution in [0.3, 0.4) is 0 Å². The Morgan fingerprint density at radius 3 is 2.28 bits per heavy atom. The molecular weight excluding hydrogens is 316 g/mol. The molecular formula is C20H32N2O3. The molecule has 2 saturated carbocycles. The Labute approximate surface area is 151 Å². The maximum Gasteiger partial charge on any atom is 0.243 e. The molecule has 25 heavy (non-hydrogen) atoms. The molecule has 1 aliphatic heterocycles. The summed E-state index contributed by atoms with van der Waals surface area (Å²) in [6.07, 6.45) is 10.7. The highest BCUT2D eigenvalue weighted by Gasteiger charge is 2.52. The fraction of sp³-hybridized carbons (Fsp3) is 0.850. The minimum Gasteiger partial charge on any atom is -0.336 e. The summed E-state index contributed by atoms with van der Waals surface area (Å²) in [7, 11) is 0. The average Bonchev–Trinajstić information content (AvgIpc) is 2.80. The van der Waals surface area contributed by atoms with E-state index in [0.717, 1.165) is 57.8 Å². The third kappa shape index (κ3) is 3.61. The predicted octanol–water partition coefficient (Wildman–Crippen LogP) is 3.27. The summed E-state index contributed by atoms with van der Waals surface area (Å²) < 4.78 is 0. The van der Waals surface area contributed by atoms with Gasteiger partial charge < -0.3 is 4.90 Å². The van der Waals surface area contributed by atoms with Crippen LogP contribution < -0.4 is 0 Å². The highest BCUT2D eigenvalue weighted by molar-refractivity contribution is 6.08. The third-order valence-electron chi connectivity index (χ3n) is 6.41. The molecule has 140 valence electrons. The Morgan fingerprint density at radius 2 is 1.68 bits per heavy atom. The molecule has 0 N–H and O–H groups in total. The molecule has 2 aliphatic carbocycles. The van der Waals surface area contributed by atoms with Crippen LogP contribution in [-0.2, 0) is 14.4 Å². The first kappa shape index (κ1) is 18.4. The minimum absolute atomic E-state index is 0.0588. The van der Waals surface area contributed by atoms with Gasteiger partial charge in [-0.15, -0.1) is 0 Å². The van der Waals surface area contributed by atoms with Crippen molar-refractivity contribution in [1.82, 2.24) is 9.80 Å². The second-order valence-electron chi connectivity index (χ2n) is 8.49. The van der Waals surface area contributed by atoms with E-state index in [2.05, 4.69) is 0 Å². The lowest BCUT2D eigenvalue weighted by molar-refractivity contribution is -0.150.